The highest BCUT2D eigenvalue weighted by molar-refractivity contribution is 7.99. The van der Waals surface area contributed by atoms with E-state index in [0.717, 1.165) is 17.6 Å². The van der Waals surface area contributed by atoms with Gasteiger partial charge in [-0.3, -0.25) is 0 Å². The third kappa shape index (κ3) is 2.20. The molecule has 9 heteroatoms. The number of para-hydroxylation sites is 2. The number of rotatable bonds is 4. The maximum atomic E-state index is 11.4. The van der Waals surface area contributed by atoms with Gasteiger partial charge >= 0.3 is 5.82 Å². The lowest BCUT2D eigenvalue weighted by atomic mass is 10.3. The van der Waals surface area contributed by atoms with E-state index in [4.69, 9.17) is 0 Å². The number of hydrogen-bond acceptors (Lipinski definition) is 6. The Balaban J connectivity index is 1.86. The van der Waals surface area contributed by atoms with Crippen LogP contribution in [0, 0.1) is 10.1 Å². The van der Waals surface area contributed by atoms with Gasteiger partial charge in [-0.15, -0.1) is 0 Å². The Morgan fingerprint density at radius 3 is 2.96 bits per heavy atom. The molecule has 0 fully saturated rings. The standard InChI is InChI=1S/C14H11N5O2S2/c1-2-17-10-6-4-3-5-9(10)15-14(17)23-11-12(19(20)21)18-7-8-22-13(18)16-11/h3-8H,2H2,1H3. The van der Waals surface area contributed by atoms with Gasteiger partial charge in [-0.25, -0.2) is 4.98 Å². The molecule has 0 radical (unpaired) electrons. The fourth-order valence-electron chi connectivity index (χ4n) is 2.51. The van der Waals surface area contributed by atoms with Crippen molar-refractivity contribution in [2.75, 3.05) is 0 Å². The van der Waals surface area contributed by atoms with Crippen LogP contribution in [-0.2, 0) is 6.54 Å². The average molecular weight is 345 g/mol. The smallest absolute Gasteiger partial charge is 0.358 e. The first kappa shape index (κ1) is 14.2. The number of thiazole rings is 1. The third-order valence-electron chi connectivity index (χ3n) is 3.50. The predicted octanol–water partition coefficient (Wildman–Crippen LogP) is 3.82. The quantitative estimate of drug-likeness (QED) is 0.415. The minimum atomic E-state index is -0.395. The first-order valence-electron chi connectivity index (χ1n) is 6.92. The van der Waals surface area contributed by atoms with Gasteiger partial charge in [-0.1, -0.05) is 23.5 Å². The van der Waals surface area contributed by atoms with Crippen molar-refractivity contribution in [3.8, 4) is 0 Å². The zero-order valence-electron chi connectivity index (χ0n) is 12.0. The summed E-state index contributed by atoms with van der Waals surface area (Å²) in [6.07, 6.45) is 1.66. The van der Waals surface area contributed by atoms with Gasteiger partial charge in [0.2, 0.25) is 5.03 Å². The van der Waals surface area contributed by atoms with Gasteiger partial charge in [0.1, 0.15) is 6.20 Å². The van der Waals surface area contributed by atoms with Crippen molar-refractivity contribution in [3.63, 3.8) is 0 Å². The van der Waals surface area contributed by atoms with E-state index >= 15 is 0 Å². The van der Waals surface area contributed by atoms with Crippen LogP contribution in [0.4, 0.5) is 5.82 Å². The van der Waals surface area contributed by atoms with E-state index in [1.807, 2.05) is 35.8 Å². The summed E-state index contributed by atoms with van der Waals surface area (Å²) in [5.41, 5.74) is 1.89. The second-order valence-electron chi connectivity index (χ2n) is 4.78. The molecule has 0 aliphatic carbocycles. The van der Waals surface area contributed by atoms with Gasteiger partial charge in [0.15, 0.2) is 5.16 Å². The molecule has 0 saturated carbocycles. The van der Waals surface area contributed by atoms with Gasteiger partial charge < -0.3 is 14.7 Å². The highest BCUT2D eigenvalue weighted by Gasteiger charge is 2.26. The molecule has 0 aliphatic rings. The summed E-state index contributed by atoms with van der Waals surface area (Å²) in [4.78, 5) is 20.6. The topological polar surface area (TPSA) is 78.3 Å². The Bertz CT molecular complexity index is 1030. The molecule has 0 N–H and O–H groups in total. The maximum Gasteiger partial charge on any atom is 0.363 e. The summed E-state index contributed by atoms with van der Waals surface area (Å²) in [5.74, 6) is -0.0130. The van der Waals surface area contributed by atoms with Gasteiger partial charge in [0.25, 0.3) is 4.96 Å². The molecule has 0 bridgehead atoms. The molecule has 3 aromatic heterocycles. The van der Waals surface area contributed by atoms with Crippen LogP contribution in [0.1, 0.15) is 6.92 Å². The normalized spacial score (nSPS) is 11.5. The molecule has 7 nitrogen and oxygen atoms in total. The number of aromatic nitrogens is 4. The average Bonchev–Trinajstić information content (AvgIpc) is 3.18. The fourth-order valence-corrected chi connectivity index (χ4v) is 4.33. The predicted molar refractivity (Wildman–Crippen MR) is 89.3 cm³/mol. The first-order valence-corrected chi connectivity index (χ1v) is 8.61. The molecule has 4 aromatic rings. The van der Waals surface area contributed by atoms with Gasteiger partial charge in [-0.2, -0.15) is 9.38 Å². The molecule has 0 unspecified atom stereocenters. The van der Waals surface area contributed by atoms with E-state index < -0.39 is 4.92 Å². The number of hydrogen-bond donors (Lipinski definition) is 0. The van der Waals surface area contributed by atoms with Crippen LogP contribution in [0.2, 0.25) is 0 Å². The van der Waals surface area contributed by atoms with Crippen molar-refractivity contribution in [1.29, 1.82) is 0 Å². The van der Waals surface area contributed by atoms with Crippen LogP contribution in [0.15, 0.2) is 46.0 Å². The van der Waals surface area contributed by atoms with Crippen LogP contribution < -0.4 is 0 Å². The van der Waals surface area contributed by atoms with Crippen molar-refractivity contribution in [3.05, 3.63) is 46.0 Å². The lowest BCUT2D eigenvalue weighted by Gasteiger charge is -2.03. The molecule has 3 heterocycles. The van der Waals surface area contributed by atoms with Gasteiger partial charge in [0.05, 0.1) is 11.0 Å². The number of fused-ring (bicyclic) bond motifs is 2. The molecule has 1 aromatic carbocycles. The van der Waals surface area contributed by atoms with Crippen molar-refractivity contribution < 1.29 is 4.92 Å². The van der Waals surface area contributed by atoms with E-state index in [0.29, 0.717) is 15.1 Å². The van der Waals surface area contributed by atoms with E-state index in [9.17, 15) is 10.1 Å². The fraction of sp³-hybridized carbons (Fsp3) is 0.143. The number of imidazole rings is 2. The molecule has 0 aliphatic heterocycles. The Morgan fingerprint density at radius 2 is 2.17 bits per heavy atom. The third-order valence-corrected chi connectivity index (χ3v) is 5.22. The molecule has 0 saturated heterocycles. The Hall–Kier alpha value is -2.39. The first-order chi connectivity index (χ1) is 11.2. The van der Waals surface area contributed by atoms with E-state index in [-0.39, 0.29) is 5.82 Å². The summed E-state index contributed by atoms with van der Waals surface area (Å²) >= 11 is 2.61. The largest absolute Gasteiger partial charge is 0.363 e. The lowest BCUT2D eigenvalue weighted by Crippen LogP contribution is -1.97. The van der Waals surface area contributed by atoms with Crippen molar-refractivity contribution in [2.45, 2.75) is 23.7 Å². The van der Waals surface area contributed by atoms with Crippen LogP contribution in [0.5, 0.6) is 0 Å². The molecule has 116 valence electrons. The maximum absolute atomic E-state index is 11.4. The van der Waals surface area contributed by atoms with Gasteiger partial charge in [0, 0.05) is 11.9 Å². The second-order valence-corrected chi connectivity index (χ2v) is 6.61. The Morgan fingerprint density at radius 1 is 1.35 bits per heavy atom. The van der Waals surface area contributed by atoms with Crippen LogP contribution >= 0.6 is 23.1 Å². The Kier molecular flexibility index (Phi) is 3.31. The SMILES string of the molecule is CCn1c(Sc2nc3sccn3c2[N+](=O)[O-])nc2ccccc21. The molecule has 0 amide bonds. The summed E-state index contributed by atoms with van der Waals surface area (Å²) in [6, 6.07) is 7.82. The number of aryl methyl sites for hydroxylation is 1. The van der Waals surface area contributed by atoms with Crippen LogP contribution in [0.3, 0.4) is 0 Å². The Labute approximate surface area is 138 Å². The number of nitro groups is 1. The lowest BCUT2D eigenvalue weighted by molar-refractivity contribution is -0.393. The molecule has 0 spiro atoms. The molecule has 23 heavy (non-hydrogen) atoms. The number of benzene rings is 1. The molecular formula is C14H11N5O2S2. The minimum absolute atomic E-state index is 0.0130. The van der Waals surface area contributed by atoms with E-state index in [1.54, 1.807) is 11.6 Å². The number of nitrogens with zero attached hydrogens (tertiary/aromatic N) is 5. The van der Waals surface area contributed by atoms with E-state index in [2.05, 4.69) is 9.97 Å². The molecule has 4 rings (SSSR count). The summed E-state index contributed by atoms with van der Waals surface area (Å²) in [7, 11) is 0. The van der Waals surface area contributed by atoms with Crippen molar-refractivity contribution in [2.24, 2.45) is 0 Å². The highest BCUT2D eigenvalue weighted by Crippen LogP contribution is 2.36. The van der Waals surface area contributed by atoms with Crippen LogP contribution in [-0.4, -0.2) is 23.9 Å². The zero-order chi connectivity index (χ0) is 16.0. The highest BCUT2D eigenvalue weighted by atomic mass is 32.2. The summed E-state index contributed by atoms with van der Waals surface area (Å²) in [6.45, 7) is 2.76. The van der Waals surface area contributed by atoms with Crippen molar-refractivity contribution in [1.82, 2.24) is 18.9 Å². The van der Waals surface area contributed by atoms with Gasteiger partial charge in [-0.05, 0) is 35.7 Å². The zero-order valence-corrected chi connectivity index (χ0v) is 13.7. The van der Waals surface area contributed by atoms with E-state index in [1.165, 1.54) is 27.5 Å². The van der Waals surface area contributed by atoms with Crippen LogP contribution in [0.25, 0.3) is 16.0 Å². The summed E-state index contributed by atoms with van der Waals surface area (Å²) in [5, 5.41) is 14.3. The monoisotopic (exact) mass is 345 g/mol. The summed E-state index contributed by atoms with van der Waals surface area (Å²) < 4.78 is 3.54. The molecular weight excluding hydrogens is 334 g/mol. The molecule has 0 atom stereocenters. The second kappa shape index (κ2) is 5.36. The van der Waals surface area contributed by atoms with Crippen molar-refractivity contribution >= 4 is 44.9 Å². The minimum Gasteiger partial charge on any atom is -0.358 e.